The third-order valence-corrected chi connectivity index (χ3v) is 3.76. The number of amides is 1. The number of carbonyl (C=O) groups excluding carboxylic acids is 1. The molecule has 0 aliphatic heterocycles. The van der Waals surface area contributed by atoms with Gasteiger partial charge in [-0.3, -0.25) is 4.79 Å². The molecule has 0 unspecified atom stereocenters. The highest BCUT2D eigenvalue weighted by molar-refractivity contribution is 5.88. The molecule has 0 atom stereocenters. The topological polar surface area (TPSA) is 55.1 Å². The van der Waals surface area contributed by atoms with Crippen molar-refractivity contribution in [2.75, 3.05) is 0 Å². The van der Waals surface area contributed by atoms with Gasteiger partial charge in [0.25, 0.3) is 0 Å². The Morgan fingerprint density at radius 1 is 1.17 bits per heavy atom. The number of carbonyl (C=O) groups is 1. The molecule has 4 heteroatoms. The van der Waals surface area contributed by atoms with E-state index in [0.717, 1.165) is 28.5 Å². The highest BCUT2D eigenvalue weighted by Crippen LogP contribution is 2.27. The molecule has 0 aliphatic carbocycles. The number of hydrogen-bond donors (Lipinski definition) is 1. The number of nitrogens with zero attached hydrogens (tertiary/aromatic N) is 1. The van der Waals surface area contributed by atoms with Crippen molar-refractivity contribution in [1.29, 1.82) is 0 Å². The average Bonchev–Trinajstić information content (AvgIpc) is 2.67. The number of benzene rings is 1. The Morgan fingerprint density at radius 2 is 1.83 bits per heavy atom. The van der Waals surface area contributed by atoms with E-state index in [9.17, 15) is 4.79 Å². The first-order valence-electron chi connectivity index (χ1n) is 8.13. The van der Waals surface area contributed by atoms with Gasteiger partial charge in [0.05, 0.1) is 6.42 Å². The minimum absolute atomic E-state index is 0.0191. The van der Waals surface area contributed by atoms with Gasteiger partial charge in [0, 0.05) is 10.9 Å². The van der Waals surface area contributed by atoms with E-state index in [0.29, 0.717) is 5.69 Å². The fourth-order valence-corrected chi connectivity index (χ4v) is 3.58. The van der Waals surface area contributed by atoms with Crippen LogP contribution in [0.15, 0.2) is 16.7 Å². The van der Waals surface area contributed by atoms with Gasteiger partial charge in [0.1, 0.15) is 5.69 Å². The van der Waals surface area contributed by atoms with Crippen LogP contribution in [0.5, 0.6) is 0 Å². The van der Waals surface area contributed by atoms with Crippen molar-refractivity contribution in [2.45, 2.75) is 66.8 Å². The van der Waals surface area contributed by atoms with Gasteiger partial charge in [0.15, 0.2) is 5.58 Å². The molecule has 1 amide bonds. The third-order valence-electron chi connectivity index (χ3n) is 3.76. The summed E-state index contributed by atoms with van der Waals surface area (Å²) in [5, 5.41) is 8.19. The molecule has 1 heterocycles. The van der Waals surface area contributed by atoms with E-state index in [-0.39, 0.29) is 23.3 Å². The molecule has 0 aliphatic rings. The summed E-state index contributed by atoms with van der Waals surface area (Å²) in [7, 11) is 0. The Hall–Kier alpha value is -1.84. The van der Waals surface area contributed by atoms with Crippen molar-refractivity contribution < 1.29 is 9.32 Å². The standard InChI is InChI=1S/C19H28N2O2/c1-12-8-13(2)17-14(21-23-15(17)9-12)10-16(22)20-19(6,7)11-18(3,4)5/h8-9H,10-11H2,1-7H3,(H,20,22). The molecule has 2 aromatic rings. The highest BCUT2D eigenvalue weighted by Gasteiger charge is 2.27. The maximum Gasteiger partial charge on any atom is 0.226 e. The Labute approximate surface area is 138 Å². The largest absolute Gasteiger partial charge is 0.356 e. The van der Waals surface area contributed by atoms with Gasteiger partial charge in [-0.1, -0.05) is 32.0 Å². The van der Waals surface area contributed by atoms with Crippen molar-refractivity contribution in [3.63, 3.8) is 0 Å². The predicted molar refractivity (Wildman–Crippen MR) is 93.5 cm³/mol. The lowest BCUT2D eigenvalue weighted by atomic mass is 9.81. The summed E-state index contributed by atoms with van der Waals surface area (Å²) < 4.78 is 5.39. The lowest BCUT2D eigenvalue weighted by Crippen LogP contribution is -2.46. The van der Waals surface area contributed by atoms with Crippen LogP contribution in [0.2, 0.25) is 0 Å². The Morgan fingerprint density at radius 3 is 2.43 bits per heavy atom. The number of fused-ring (bicyclic) bond motifs is 1. The van der Waals surface area contributed by atoms with Crippen molar-refractivity contribution in [2.24, 2.45) is 5.41 Å². The van der Waals surface area contributed by atoms with Gasteiger partial charge in [-0.15, -0.1) is 0 Å². The zero-order valence-corrected chi connectivity index (χ0v) is 15.3. The van der Waals surface area contributed by atoms with Gasteiger partial charge in [-0.25, -0.2) is 0 Å². The van der Waals surface area contributed by atoms with Crippen LogP contribution in [0.25, 0.3) is 11.0 Å². The SMILES string of the molecule is Cc1cc(C)c2c(CC(=O)NC(C)(C)CC(C)(C)C)noc2c1. The van der Waals surface area contributed by atoms with Crippen molar-refractivity contribution in [1.82, 2.24) is 10.5 Å². The van der Waals surface area contributed by atoms with Crippen LogP contribution in [-0.2, 0) is 11.2 Å². The summed E-state index contributed by atoms with van der Waals surface area (Å²) in [6, 6.07) is 4.05. The van der Waals surface area contributed by atoms with E-state index >= 15 is 0 Å². The summed E-state index contributed by atoms with van der Waals surface area (Å²) in [6.45, 7) is 14.7. The maximum absolute atomic E-state index is 12.4. The fourth-order valence-electron chi connectivity index (χ4n) is 3.58. The molecular formula is C19H28N2O2. The summed E-state index contributed by atoms with van der Waals surface area (Å²) >= 11 is 0. The van der Waals surface area contributed by atoms with E-state index in [1.165, 1.54) is 0 Å². The molecule has 0 radical (unpaired) electrons. The fraction of sp³-hybridized carbons (Fsp3) is 0.579. The minimum atomic E-state index is -0.249. The molecular weight excluding hydrogens is 288 g/mol. The first-order chi connectivity index (χ1) is 10.5. The number of aromatic nitrogens is 1. The van der Waals surface area contributed by atoms with E-state index < -0.39 is 0 Å². The van der Waals surface area contributed by atoms with Gasteiger partial charge < -0.3 is 9.84 Å². The maximum atomic E-state index is 12.4. The number of rotatable bonds is 4. The monoisotopic (exact) mass is 316 g/mol. The zero-order valence-electron chi connectivity index (χ0n) is 15.3. The smallest absolute Gasteiger partial charge is 0.226 e. The molecule has 1 N–H and O–H groups in total. The molecule has 23 heavy (non-hydrogen) atoms. The first-order valence-corrected chi connectivity index (χ1v) is 8.13. The average molecular weight is 316 g/mol. The summed E-state index contributed by atoms with van der Waals surface area (Å²) in [4.78, 5) is 12.4. The highest BCUT2D eigenvalue weighted by atomic mass is 16.5. The molecule has 4 nitrogen and oxygen atoms in total. The second-order valence-electron chi connectivity index (χ2n) is 8.43. The number of nitrogens with one attached hydrogen (secondary N) is 1. The molecule has 126 valence electrons. The molecule has 0 bridgehead atoms. The van der Waals surface area contributed by atoms with Crippen LogP contribution in [0.4, 0.5) is 0 Å². The normalized spacial score (nSPS) is 12.7. The zero-order chi connectivity index (χ0) is 17.4. The predicted octanol–water partition coefficient (Wildman–Crippen LogP) is 4.32. The minimum Gasteiger partial charge on any atom is -0.356 e. The lowest BCUT2D eigenvalue weighted by molar-refractivity contribution is -0.122. The quantitative estimate of drug-likeness (QED) is 0.914. The molecule has 1 aromatic carbocycles. The van der Waals surface area contributed by atoms with Crippen molar-refractivity contribution in [3.05, 3.63) is 29.0 Å². The Balaban J connectivity index is 2.15. The van der Waals surface area contributed by atoms with Crippen LogP contribution in [0.3, 0.4) is 0 Å². The first kappa shape index (κ1) is 17.5. The van der Waals surface area contributed by atoms with Crippen LogP contribution < -0.4 is 5.32 Å². The van der Waals surface area contributed by atoms with E-state index in [1.807, 2.05) is 19.9 Å². The molecule has 0 saturated heterocycles. The second-order valence-corrected chi connectivity index (χ2v) is 8.43. The number of hydrogen-bond acceptors (Lipinski definition) is 3. The van der Waals surface area contributed by atoms with E-state index in [2.05, 4.69) is 51.2 Å². The van der Waals surface area contributed by atoms with Gasteiger partial charge >= 0.3 is 0 Å². The molecule has 1 aromatic heterocycles. The molecule has 2 rings (SSSR count). The van der Waals surface area contributed by atoms with Crippen molar-refractivity contribution in [3.8, 4) is 0 Å². The van der Waals surface area contributed by atoms with E-state index in [4.69, 9.17) is 4.52 Å². The van der Waals surface area contributed by atoms with Crippen LogP contribution in [0, 0.1) is 19.3 Å². The van der Waals surface area contributed by atoms with Gasteiger partial charge in [0.2, 0.25) is 5.91 Å². The van der Waals surface area contributed by atoms with Gasteiger partial charge in [-0.2, -0.15) is 0 Å². The molecule has 0 saturated carbocycles. The number of aryl methyl sites for hydroxylation is 2. The van der Waals surface area contributed by atoms with E-state index in [1.54, 1.807) is 0 Å². The van der Waals surface area contributed by atoms with Crippen molar-refractivity contribution >= 4 is 16.9 Å². The lowest BCUT2D eigenvalue weighted by Gasteiger charge is -2.33. The Bertz CT molecular complexity index is 721. The molecule has 0 fully saturated rings. The molecule has 0 spiro atoms. The van der Waals surface area contributed by atoms with Crippen LogP contribution in [0.1, 0.15) is 57.9 Å². The van der Waals surface area contributed by atoms with Crippen LogP contribution in [-0.4, -0.2) is 16.6 Å². The Kier molecular flexibility index (Phi) is 4.56. The summed E-state index contributed by atoms with van der Waals surface area (Å²) in [5.74, 6) is -0.0191. The summed E-state index contributed by atoms with van der Waals surface area (Å²) in [6.07, 6.45) is 1.15. The van der Waals surface area contributed by atoms with Gasteiger partial charge in [-0.05, 0) is 56.7 Å². The van der Waals surface area contributed by atoms with Crippen LogP contribution >= 0.6 is 0 Å². The summed E-state index contributed by atoms with van der Waals surface area (Å²) in [5.41, 5.74) is 3.60. The third kappa shape index (κ3) is 4.57. The second kappa shape index (κ2) is 5.99.